The van der Waals surface area contributed by atoms with E-state index >= 15 is 0 Å². The third kappa shape index (κ3) is 61.3. The summed E-state index contributed by atoms with van der Waals surface area (Å²) in [7, 11) is 22.5. The van der Waals surface area contributed by atoms with Gasteiger partial charge in [-0.25, -0.2) is 0 Å². The lowest BCUT2D eigenvalue weighted by Gasteiger charge is -2.38. The van der Waals surface area contributed by atoms with Crippen LogP contribution in [0.15, 0.2) is 79.6 Å². The zero-order valence-electron chi connectivity index (χ0n) is 89.5. The maximum Gasteiger partial charge on any atom is 0.311 e. The third-order valence-corrected chi connectivity index (χ3v) is 29.0. The predicted molar refractivity (Wildman–Crippen MR) is 542 cm³/mol. The molecule has 0 aromatic heterocycles. The third-order valence-electron chi connectivity index (χ3n) is 28.2. The van der Waals surface area contributed by atoms with Crippen LogP contribution in [0.5, 0.6) is 0 Å². The van der Waals surface area contributed by atoms with Crippen molar-refractivity contribution in [2.45, 2.75) is 69.2 Å². The lowest BCUT2D eigenvalue weighted by molar-refractivity contribution is -0.929. The molecule has 0 saturated carbocycles. The Balaban J connectivity index is 0.000000530. The van der Waals surface area contributed by atoms with E-state index in [1.54, 1.807) is 7.11 Å². The summed E-state index contributed by atoms with van der Waals surface area (Å²) in [5, 5.41) is 98.6. The van der Waals surface area contributed by atoms with Crippen molar-refractivity contribution in [1.82, 2.24) is 0 Å². The molecule has 0 spiro atoms. The van der Waals surface area contributed by atoms with Crippen LogP contribution in [-0.4, -0.2) is 618 Å². The van der Waals surface area contributed by atoms with Crippen molar-refractivity contribution in [2.75, 3.05) is 472 Å². The van der Waals surface area contributed by atoms with Gasteiger partial charge in [-0.1, -0.05) is 55.6 Å². The fraction of sp³-hybridized carbons (Fsp3) is 0.812. The van der Waals surface area contributed by atoms with Gasteiger partial charge < -0.3 is 152 Å². The Morgan fingerprint density at radius 1 is 0.430 bits per heavy atom. The Hall–Kier alpha value is -5.70. The SMILES string of the molecule is C=C(C#N)C[N+]1(C)CCOCC1.C=C(C[N+]1(C)CCOCC1)OC.C=CCCC/C=C/C[N+]1(C)CCOCC1.COC(=O)CC[N+]1(C)CCOCC1.C[N+]1(CC#N)CCOCC1.C[N+]1(CC(=O)C(O)C(O)C(O)CO)CCOCC1.C[N+]1(CC(O)CO)CCOCC1.C[N+]1(CC(O)CS(=O)(=O)O)CCOCC1.C[N+]1(CCC#N)CCOCC1.C[N+]1(CCO)CCOCC1.C[N+]1(Cc2ccccc2)CCOCC1. The van der Waals surface area contributed by atoms with Crippen molar-refractivity contribution in [3.8, 4) is 18.2 Å². The Labute approximate surface area is 852 Å². The fourth-order valence-corrected chi connectivity index (χ4v) is 17.6. The molecule has 9 N–H and O–H groups in total. The first-order valence-corrected chi connectivity index (χ1v) is 52.5. The lowest BCUT2D eigenvalue weighted by atomic mass is 10.0. The van der Waals surface area contributed by atoms with E-state index in [2.05, 4.69) is 149 Å². The van der Waals surface area contributed by atoms with Crippen LogP contribution in [0.3, 0.4) is 0 Å². The van der Waals surface area contributed by atoms with Gasteiger partial charge >= 0.3 is 5.97 Å². The van der Waals surface area contributed by atoms with E-state index in [1.165, 1.54) is 25.5 Å². The largest absolute Gasteiger partial charge is 0.496 e. The van der Waals surface area contributed by atoms with E-state index in [1.807, 2.05) is 20.2 Å². The van der Waals surface area contributed by atoms with Gasteiger partial charge in [-0.15, -0.1) is 6.58 Å². The van der Waals surface area contributed by atoms with Crippen molar-refractivity contribution in [1.29, 1.82) is 15.8 Å². The van der Waals surface area contributed by atoms with Gasteiger partial charge in [-0.3, -0.25) is 14.1 Å². The van der Waals surface area contributed by atoms with Gasteiger partial charge in [0.15, 0.2) is 6.54 Å². The molecule has 5 unspecified atom stereocenters. The van der Waals surface area contributed by atoms with Crippen LogP contribution in [-0.2, 0) is 87.8 Å². The van der Waals surface area contributed by atoms with Crippen LogP contribution in [0.1, 0.15) is 37.7 Å². The summed E-state index contributed by atoms with van der Waals surface area (Å²) >= 11 is 0. The molecule has 820 valence electrons. The number of Topliss-reactive ketones (excluding diaryl/α,β-unsaturated/α-hetero) is 1. The highest BCUT2D eigenvalue weighted by atomic mass is 32.2. The number of morpholine rings is 11. The number of nitriles is 3. The van der Waals surface area contributed by atoms with Gasteiger partial charge in [0.25, 0.3) is 10.1 Å². The minimum absolute atomic E-state index is 0.0692. The van der Waals surface area contributed by atoms with E-state index in [9.17, 15) is 43.5 Å². The molecule has 11 fully saturated rings. The lowest BCUT2D eigenvalue weighted by Crippen LogP contribution is -2.57. The molecular formula is C101H195N14O26S+11. The topological polar surface area (TPSA) is 442 Å². The number of hydrogen-bond acceptors (Lipinski definition) is 28. The summed E-state index contributed by atoms with van der Waals surface area (Å²) in [6.45, 7) is 57.9. The minimum atomic E-state index is -4.09. The minimum Gasteiger partial charge on any atom is -0.496 e. The van der Waals surface area contributed by atoms with Crippen LogP contribution >= 0.6 is 0 Å². The van der Waals surface area contributed by atoms with E-state index in [0.29, 0.717) is 86.5 Å². The quantitative estimate of drug-likeness (QED) is 0.00624. The number of nitrogens with zero attached hydrogens (tertiary/aromatic N) is 14. The van der Waals surface area contributed by atoms with Gasteiger partial charge in [0.2, 0.25) is 5.78 Å². The van der Waals surface area contributed by atoms with Crippen LogP contribution < -0.4 is 0 Å². The van der Waals surface area contributed by atoms with Crippen molar-refractivity contribution in [3.63, 3.8) is 0 Å². The summed E-state index contributed by atoms with van der Waals surface area (Å²) in [5.41, 5.74) is 2.09. The van der Waals surface area contributed by atoms with Gasteiger partial charge in [-0.2, -0.15) is 24.2 Å². The van der Waals surface area contributed by atoms with Crippen molar-refractivity contribution in [2.24, 2.45) is 0 Å². The number of carbonyl (C=O) groups excluding carboxylic acids is 2. The molecule has 0 aliphatic carbocycles. The molecular weight excluding hydrogens is 1860 g/mol. The number of aliphatic hydroxyl groups excluding tert-OH is 8. The standard InChI is InChI=1S/C13H24NO.C12H18NO.C11H22NO6.C9H15N2O.C9H18NO3.C9H18NO2.C8H15N2O.C8H17NO5S.C8H18NO3.C7H13N2O.C7H16NO2/c1-3-4-5-6-7-8-9-14(2)10-12-15-13-11-14;1-13(7-9-14-10-8-13)11-12-5-3-2-4-6-12;1-12(2-4-18-5-3-12)6-8(14)10(16)11(17)9(15)7-13;1-9(7-10)8-11(2)3-5-12-6-4-11;1-10(4-3-9(11)12-2)5-7-13-8-6-10;1-9(11-3)8-10(2)4-6-12-7-5-10;1-10(4-2-3-9)5-7-11-8-6-10;1-9(2-4-14-5-3-9)6-8(10)7-15(11,12)13;1-9(6-8(11)7-10)2-4-12-5-3-9;1-9(3-2-8)4-6-10-7-5-9;1-8(2-5-9)3-6-10-7-4-8/h3,7-8H,1,4-6,9-13H2,2H3;2-6H,7-11H2,1H3;9-11,13,15-17H,2-7H2,1H3;1,3-6,8H2,2H3;3-8H2,1-2H3;1,4-8H2,2-3H3;2,4-8H2,1H3;8,10H,2-7H2,1H3;8,10-11H,2-7H2,1H3;3-7H2,1H3;9H,2-7H2,1H3/q7*+1;;3*+1/p+1/b8-7+;;;;;;;;;;. The number of allylic oxidation sites excluding steroid dienone is 2. The average Bonchev–Trinajstić information content (AvgIpc) is 0.830. The molecule has 11 heterocycles. The predicted octanol–water partition coefficient (Wildman–Crippen LogP) is -0.314. The number of carbonyl (C=O) groups is 2. The number of likely N-dealkylation sites (N-methyl/N-ethyl adjacent to an activating group) is 11. The summed E-state index contributed by atoms with van der Waals surface area (Å²) in [4.78, 5) is 22.8. The van der Waals surface area contributed by atoms with Gasteiger partial charge in [0.05, 0.1) is 307 Å². The summed E-state index contributed by atoms with van der Waals surface area (Å²) in [6.07, 6.45) is 4.87. The Bertz CT molecular complexity index is 3800. The molecule has 0 radical (unpaired) electrons. The average molecular weight is 2050 g/mol. The molecule has 41 heteroatoms. The zero-order valence-corrected chi connectivity index (χ0v) is 90.3. The number of esters is 1. The van der Waals surface area contributed by atoms with Crippen LogP contribution in [0.2, 0.25) is 0 Å². The first kappa shape index (κ1) is 132. The number of unbranched alkanes of at least 4 members (excludes halogenated alkanes) is 2. The van der Waals surface area contributed by atoms with Crippen LogP contribution in [0.4, 0.5) is 0 Å². The molecule has 142 heavy (non-hydrogen) atoms. The van der Waals surface area contributed by atoms with Crippen LogP contribution in [0, 0.1) is 34.0 Å². The molecule has 12 rings (SSSR count). The molecule has 11 saturated heterocycles. The number of aliphatic hydroxyl groups is 8. The highest BCUT2D eigenvalue weighted by Crippen LogP contribution is 2.20. The number of benzene rings is 1. The van der Waals surface area contributed by atoms with E-state index in [0.717, 1.165) is 348 Å². The Kier molecular flexibility index (Phi) is 67.0. The summed E-state index contributed by atoms with van der Waals surface area (Å²) in [5.74, 6) is -0.397. The van der Waals surface area contributed by atoms with Gasteiger partial charge in [0.1, 0.15) is 238 Å². The molecule has 40 nitrogen and oxygen atoms in total. The van der Waals surface area contributed by atoms with Crippen LogP contribution in [0.25, 0.3) is 0 Å². The summed E-state index contributed by atoms with van der Waals surface area (Å²) in [6, 6.07) is 17.2. The van der Waals surface area contributed by atoms with E-state index in [4.69, 9.17) is 92.5 Å². The van der Waals surface area contributed by atoms with Gasteiger partial charge in [-0.05, 0) is 25.3 Å². The number of rotatable bonds is 34. The number of methoxy groups -OCH3 is 2. The second-order valence-corrected chi connectivity index (χ2v) is 43.6. The van der Waals surface area contributed by atoms with E-state index in [-0.39, 0.29) is 25.7 Å². The fourth-order valence-electron chi connectivity index (χ4n) is 17.0. The number of ether oxygens (including phenoxy) is 13. The number of quaternary nitrogens is 11. The monoisotopic (exact) mass is 2050 g/mol. The van der Waals surface area contributed by atoms with Crippen molar-refractivity contribution in [3.05, 3.63) is 85.2 Å². The van der Waals surface area contributed by atoms with E-state index < -0.39 is 58.8 Å². The molecule has 0 amide bonds. The smallest absolute Gasteiger partial charge is 0.311 e. The second kappa shape index (κ2) is 71.8. The maximum atomic E-state index is 11.8. The number of ketones is 1. The summed E-state index contributed by atoms with van der Waals surface area (Å²) < 4.78 is 107. The Morgan fingerprint density at radius 2 is 0.782 bits per heavy atom. The zero-order chi connectivity index (χ0) is 106. The Morgan fingerprint density at radius 3 is 1.13 bits per heavy atom. The molecule has 0 bridgehead atoms. The van der Waals surface area contributed by atoms with Gasteiger partial charge in [0, 0.05) is 5.56 Å². The van der Waals surface area contributed by atoms with Crippen molar-refractivity contribution < 1.29 is 174 Å². The number of hydrogen-bond donors (Lipinski definition) is 9. The normalized spacial score (nSPS) is 22.6. The second-order valence-electron chi connectivity index (χ2n) is 42.1. The highest BCUT2D eigenvalue weighted by Gasteiger charge is 2.39. The molecule has 1 aromatic carbocycles. The first-order valence-electron chi connectivity index (χ1n) is 50.9. The first-order chi connectivity index (χ1) is 67.2. The molecule has 11 aliphatic rings. The molecule has 11 aliphatic heterocycles. The van der Waals surface area contributed by atoms with Crippen molar-refractivity contribution >= 4 is 21.9 Å². The molecule has 5 atom stereocenters. The highest BCUT2D eigenvalue weighted by molar-refractivity contribution is 7.85. The maximum absolute atomic E-state index is 11.8. The molecule has 1 aromatic rings.